The molecule has 0 aliphatic heterocycles. The molecule has 1 heterocycles. The van der Waals surface area contributed by atoms with E-state index < -0.39 is 5.91 Å². The van der Waals surface area contributed by atoms with Gasteiger partial charge in [0.2, 0.25) is 0 Å². The van der Waals surface area contributed by atoms with E-state index >= 15 is 0 Å². The van der Waals surface area contributed by atoms with Crippen LogP contribution in [0, 0.1) is 0 Å². The molecule has 0 saturated heterocycles. The van der Waals surface area contributed by atoms with Crippen LogP contribution in [0.25, 0.3) is 0 Å². The van der Waals surface area contributed by atoms with Crippen LogP contribution in [0.2, 0.25) is 5.02 Å². The lowest BCUT2D eigenvalue weighted by Gasteiger charge is -2.06. The molecule has 7 nitrogen and oxygen atoms in total. The summed E-state index contributed by atoms with van der Waals surface area (Å²) in [7, 11) is 3.04. The van der Waals surface area contributed by atoms with Gasteiger partial charge in [-0.25, -0.2) is 5.43 Å². The lowest BCUT2D eigenvalue weighted by Crippen LogP contribution is -2.21. The van der Waals surface area contributed by atoms with Crippen LogP contribution in [0.3, 0.4) is 0 Å². The smallest absolute Gasteiger partial charge is 0.291 e. The molecular weight excluding hydrogens is 376 g/mol. The van der Waals surface area contributed by atoms with Crippen LogP contribution < -0.4 is 10.2 Å². The number of benzene rings is 1. The highest BCUT2D eigenvalue weighted by Gasteiger charge is 2.14. The Morgan fingerprint density at radius 3 is 2.91 bits per heavy atom. The third-order valence-corrected chi connectivity index (χ3v) is 3.64. The van der Waals surface area contributed by atoms with Crippen molar-refractivity contribution in [1.82, 2.24) is 15.2 Å². The van der Waals surface area contributed by atoms with Crippen molar-refractivity contribution in [2.75, 3.05) is 7.11 Å². The number of nitrogens with one attached hydrogen (secondary N) is 1. The molecular formula is C13H12BrClN4O3. The molecule has 0 radical (unpaired) electrons. The molecule has 0 saturated carbocycles. The summed E-state index contributed by atoms with van der Waals surface area (Å²) < 4.78 is 6.83. The zero-order valence-corrected chi connectivity index (χ0v) is 14.0. The standard InChI is InChI=1S/C13H12BrClN4O3/c1-19-11(9(15)6-17-19)13(21)18-16-5-7-3-8(14)12(20)10(4-7)22-2/h3-6,20H,1-2H3,(H,18,21)/b16-5-. The minimum atomic E-state index is -0.481. The van der Waals surface area contributed by atoms with Gasteiger partial charge in [-0.1, -0.05) is 11.6 Å². The third-order valence-electron chi connectivity index (χ3n) is 2.76. The molecule has 0 atom stereocenters. The summed E-state index contributed by atoms with van der Waals surface area (Å²) in [5.74, 6) is -0.201. The van der Waals surface area contributed by atoms with Gasteiger partial charge >= 0.3 is 0 Å². The van der Waals surface area contributed by atoms with Crippen molar-refractivity contribution in [2.24, 2.45) is 12.1 Å². The summed E-state index contributed by atoms with van der Waals surface area (Å²) >= 11 is 9.07. The molecule has 9 heteroatoms. The number of hydrazone groups is 1. The Bertz CT molecular complexity index is 726. The average molecular weight is 388 g/mol. The maximum atomic E-state index is 11.9. The van der Waals surface area contributed by atoms with Gasteiger partial charge in [-0.05, 0) is 33.6 Å². The van der Waals surface area contributed by atoms with Crippen molar-refractivity contribution in [3.8, 4) is 11.5 Å². The van der Waals surface area contributed by atoms with Gasteiger partial charge in [0.05, 0.1) is 29.0 Å². The van der Waals surface area contributed by atoms with Crippen LogP contribution in [0.15, 0.2) is 27.9 Å². The minimum absolute atomic E-state index is 0.00893. The first-order valence-electron chi connectivity index (χ1n) is 6.01. The number of phenols is 1. The first-order chi connectivity index (χ1) is 10.4. The van der Waals surface area contributed by atoms with Gasteiger partial charge in [0.15, 0.2) is 11.5 Å². The number of rotatable bonds is 4. The van der Waals surface area contributed by atoms with Crippen molar-refractivity contribution >= 4 is 39.7 Å². The van der Waals surface area contributed by atoms with Crippen molar-refractivity contribution in [1.29, 1.82) is 0 Å². The van der Waals surface area contributed by atoms with Gasteiger partial charge < -0.3 is 9.84 Å². The number of aromatic nitrogens is 2. The Kier molecular flexibility index (Phi) is 5.04. The van der Waals surface area contributed by atoms with Crippen LogP contribution in [0.1, 0.15) is 16.1 Å². The number of aryl methyl sites for hydroxylation is 1. The fourth-order valence-electron chi connectivity index (χ4n) is 1.71. The van der Waals surface area contributed by atoms with Crippen molar-refractivity contribution in [2.45, 2.75) is 0 Å². The predicted octanol–water partition coefficient (Wildman–Crippen LogP) is 2.31. The molecule has 0 aliphatic carbocycles. The van der Waals surface area contributed by atoms with Gasteiger partial charge in [-0.2, -0.15) is 10.2 Å². The summed E-state index contributed by atoms with van der Waals surface area (Å²) in [5.41, 5.74) is 3.19. The Balaban J connectivity index is 2.13. The number of carbonyl (C=O) groups excluding carboxylic acids is 1. The first-order valence-corrected chi connectivity index (χ1v) is 7.18. The van der Waals surface area contributed by atoms with Crippen LogP contribution in [-0.2, 0) is 7.05 Å². The number of carbonyl (C=O) groups is 1. The summed E-state index contributed by atoms with van der Waals surface area (Å²) in [5, 5.41) is 17.7. The molecule has 2 N–H and O–H groups in total. The summed E-state index contributed by atoms with van der Waals surface area (Å²) in [6.07, 6.45) is 2.79. The number of nitrogens with zero attached hydrogens (tertiary/aromatic N) is 3. The number of ether oxygens (including phenoxy) is 1. The maximum Gasteiger partial charge on any atom is 0.291 e. The second-order valence-corrected chi connectivity index (χ2v) is 5.48. The number of amides is 1. The van der Waals surface area contributed by atoms with Crippen LogP contribution in [0.5, 0.6) is 11.5 Å². The van der Waals surface area contributed by atoms with Crippen molar-refractivity contribution < 1.29 is 14.6 Å². The van der Waals surface area contributed by atoms with E-state index in [9.17, 15) is 9.90 Å². The Hall–Kier alpha value is -2.06. The van der Waals surface area contributed by atoms with E-state index in [4.69, 9.17) is 16.3 Å². The fourth-order valence-corrected chi connectivity index (χ4v) is 2.42. The SMILES string of the molecule is COc1cc(/C=N\NC(=O)c2c(Cl)cnn2C)cc(Br)c1O. The van der Waals surface area contributed by atoms with Crippen LogP contribution in [0.4, 0.5) is 0 Å². The van der Waals surface area contributed by atoms with Crippen LogP contribution in [-0.4, -0.2) is 34.1 Å². The molecule has 0 spiro atoms. The highest BCUT2D eigenvalue weighted by molar-refractivity contribution is 9.10. The summed E-state index contributed by atoms with van der Waals surface area (Å²) in [6.45, 7) is 0. The zero-order chi connectivity index (χ0) is 16.3. The lowest BCUT2D eigenvalue weighted by molar-refractivity contribution is 0.0946. The largest absolute Gasteiger partial charge is 0.503 e. The van der Waals surface area contributed by atoms with E-state index in [0.29, 0.717) is 10.0 Å². The number of halogens is 2. The Labute approximate surface area is 139 Å². The number of aromatic hydroxyl groups is 1. The lowest BCUT2D eigenvalue weighted by atomic mass is 10.2. The highest BCUT2D eigenvalue weighted by Crippen LogP contribution is 2.34. The molecule has 116 valence electrons. The molecule has 0 unspecified atom stereocenters. The number of hydrogen-bond acceptors (Lipinski definition) is 5. The van der Waals surface area contributed by atoms with E-state index in [1.165, 1.54) is 24.2 Å². The highest BCUT2D eigenvalue weighted by atomic mass is 79.9. The summed E-state index contributed by atoms with van der Waals surface area (Å²) in [4.78, 5) is 11.9. The first kappa shape index (κ1) is 16.3. The van der Waals surface area contributed by atoms with E-state index in [2.05, 4.69) is 31.6 Å². The quantitative estimate of drug-likeness (QED) is 0.622. The molecule has 0 aliphatic rings. The van der Waals surface area contributed by atoms with Gasteiger partial charge in [0.1, 0.15) is 5.69 Å². The number of methoxy groups -OCH3 is 1. The molecule has 0 bridgehead atoms. The van der Waals surface area contributed by atoms with Gasteiger partial charge in [0, 0.05) is 7.05 Å². The number of hydrogen-bond donors (Lipinski definition) is 2. The minimum Gasteiger partial charge on any atom is -0.503 e. The molecule has 0 fully saturated rings. The Morgan fingerprint density at radius 1 is 1.59 bits per heavy atom. The topological polar surface area (TPSA) is 88.7 Å². The van der Waals surface area contributed by atoms with E-state index in [1.54, 1.807) is 19.2 Å². The predicted molar refractivity (Wildman–Crippen MR) is 85.6 cm³/mol. The molecule has 1 aromatic heterocycles. The monoisotopic (exact) mass is 386 g/mol. The molecule has 22 heavy (non-hydrogen) atoms. The summed E-state index contributed by atoms with van der Waals surface area (Å²) in [6, 6.07) is 3.21. The van der Waals surface area contributed by atoms with Crippen molar-refractivity contribution in [3.63, 3.8) is 0 Å². The van der Waals surface area contributed by atoms with E-state index in [1.807, 2.05) is 0 Å². The molecule has 1 aromatic carbocycles. The third kappa shape index (κ3) is 3.40. The second-order valence-electron chi connectivity index (χ2n) is 4.22. The second kappa shape index (κ2) is 6.80. The number of phenolic OH excluding ortho intramolecular Hbond substituents is 1. The molecule has 1 amide bonds. The maximum absolute atomic E-state index is 11.9. The fraction of sp³-hybridized carbons (Fsp3) is 0.154. The van der Waals surface area contributed by atoms with Gasteiger partial charge in [-0.15, -0.1) is 0 Å². The van der Waals surface area contributed by atoms with Crippen LogP contribution >= 0.6 is 27.5 Å². The van der Waals surface area contributed by atoms with Gasteiger partial charge in [-0.3, -0.25) is 9.48 Å². The Morgan fingerprint density at radius 2 is 2.32 bits per heavy atom. The van der Waals surface area contributed by atoms with Crippen molar-refractivity contribution in [3.05, 3.63) is 39.1 Å². The molecule has 2 rings (SSSR count). The van der Waals surface area contributed by atoms with Gasteiger partial charge in [0.25, 0.3) is 5.91 Å². The average Bonchev–Trinajstić information content (AvgIpc) is 2.81. The molecule has 2 aromatic rings. The van der Waals surface area contributed by atoms with E-state index in [-0.39, 0.29) is 22.2 Å². The normalized spacial score (nSPS) is 10.9. The van der Waals surface area contributed by atoms with E-state index in [0.717, 1.165) is 0 Å². The zero-order valence-electron chi connectivity index (χ0n) is 11.7.